The maximum atomic E-state index is 5.27. The summed E-state index contributed by atoms with van der Waals surface area (Å²) in [7, 11) is 0. The molecule has 31 heavy (non-hydrogen) atoms. The lowest BCUT2D eigenvalue weighted by Crippen LogP contribution is -2.00. The van der Waals surface area contributed by atoms with E-state index in [2.05, 4.69) is 116 Å². The highest BCUT2D eigenvalue weighted by Gasteiger charge is 2.16. The summed E-state index contributed by atoms with van der Waals surface area (Å²) in [4.78, 5) is 5.27. The minimum absolute atomic E-state index is 0.858. The monoisotopic (exact) mass is 399 g/mol. The van der Waals surface area contributed by atoms with E-state index in [9.17, 15) is 0 Å². The first kappa shape index (κ1) is 19.3. The van der Waals surface area contributed by atoms with Gasteiger partial charge in [0.1, 0.15) is 0 Å². The Morgan fingerprint density at radius 1 is 0.516 bits per heavy atom. The third-order valence-electron chi connectivity index (χ3n) is 5.92. The number of pyridine rings is 1. The lowest BCUT2D eigenvalue weighted by Gasteiger charge is -2.17. The van der Waals surface area contributed by atoms with Gasteiger partial charge in [-0.1, -0.05) is 116 Å². The van der Waals surface area contributed by atoms with Gasteiger partial charge >= 0.3 is 0 Å². The van der Waals surface area contributed by atoms with Gasteiger partial charge in [-0.05, 0) is 28.5 Å². The van der Waals surface area contributed by atoms with Gasteiger partial charge in [-0.15, -0.1) is 0 Å². The second-order valence-corrected chi connectivity index (χ2v) is 7.91. The summed E-state index contributed by atoms with van der Waals surface area (Å²) in [6, 6.07) is 38.8. The Morgan fingerprint density at radius 3 is 1.65 bits per heavy atom. The van der Waals surface area contributed by atoms with Gasteiger partial charge in [-0.2, -0.15) is 0 Å². The van der Waals surface area contributed by atoms with Gasteiger partial charge in [-0.25, -0.2) is 4.98 Å². The lowest BCUT2D eigenvalue weighted by atomic mass is 9.91. The van der Waals surface area contributed by atoms with Crippen LogP contribution < -0.4 is 0 Å². The molecule has 0 radical (unpaired) electrons. The van der Waals surface area contributed by atoms with E-state index in [1.165, 1.54) is 27.5 Å². The predicted molar refractivity (Wildman–Crippen MR) is 131 cm³/mol. The van der Waals surface area contributed by atoms with Crippen molar-refractivity contribution in [3.05, 3.63) is 126 Å². The van der Waals surface area contributed by atoms with Crippen LogP contribution in [0.4, 0.5) is 0 Å². The zero-order valence-electron chi connectivity index (χ0n) is 17.8. The Labute approximate surface area is 184 Å². The molecule has 1 heterocycles. The molecule has 5 rings (SSSR count). The number of benzene rings is 4. The fourth-order valence-electron chi connectivity index (χ4n) is 4.25. The van der Waals surface area contributed by atoms with Crippen LogP contribution in [0.25, 0.3) is 33.3 Å². The molecule has 0 spiro atoms. The molecule has 5 aromatic rings. The molecule has 0 atom stereocenters. The van der Waals surface area contributed by atoms with Crippen molar-refractivity contribution in [1.82, 2.24) is 4.98 Å². The highest BCUT2D eigenvalue weighted by atomic mass is 14.7. The van der Waals surface area contributed by atoms with E-state index < -0.39 is 0 Å². The van der Waals surface area contributed by atoms with Gasteiger partial charge in [0, 0.05) is 22.9 Å². The van der Waals surface area contributed by atoms with Crippen molar-refractivity contribution in [3.63, 3.8) is 0 Å². The Morgan fingerprint density at radius 2 is 1.03 bits per heavy atom. The summed E-state index contributed by atoms with van der Waals surface area (Å²) in [6.07, 6.45) is 1.92. The molecule has 0 saturated heterocycles. The number of aryl methyl sites for hydroxylation is 1. The average molecular weight is 400 g/mol. The van der Waals surface area contributed by atoms with Crippen LogP contribution in [0.3, 0.4) is 0 Å². The van der Waals surface area contributed by atoms with E-state index in [0.717, 1.165) is 35.4 Å². The minimum atomic E-state index is 0.858. The normalized spacial score (nSPS) is 11.0. The molecule has 0 unspecified atom stereocenters. The van der Waals surface area contributed by atoms with Crippen LogP contribution in [0.5, 0.6) is 0 Å². The first-order valence-electron chi connectivity index (χ1n) is 10.9. The zero-order valence-corrected chi connectivity index (χ0v) is 17.8. The quantitative estimate of drug-likeness (QED) is 0.295. The molecule has 0 bridgehead atoms. The number of fused-ring (bicyclic) bond motifs is 1. The van der Waals surface area contributed by atoms with Crippen molar-refractivity contribution in [2.75, 3.05) is 0 Å². The first-order chi connectivity index (χ1) is 15.3. The fourth-order valence-corrected chi connectivity index (χ4v) is 4.25. The fraction of sp³-hybridized carbons (Fsp3) is 0.100. The highest BCUT2D eigenvalue weighted by Crippen LogP contribution is 2.36. The van der Waals surface area contributed by atoms with Crippen LogP contribution in [-0.4, -0.2) is 4.98 Å². The van der Waals surface area contributed by atoms with E-state index in [1.807, 2.05) is 0 Å². The number of hydrogen-bond donors (Lipinski definition) is 0. The number of nitrogens with zero attached hydrogens (tertiary/aromatic N) is 1. The van der Waals surface area contributed by atoms with Gasteiger partial charge in [0.25, 0.3) is 0 Å². The van der Waals surface area contributed by atoms with Gasteiger partial charge in [0.05, 0.1) is 11.4 Å². The summed E-state index contributed by atoms with van der Waals surface area (Å²) in [6.45, 7) is 2.20. The summed E-state index contributed by atoms with van der Waals surface area (Å²) < 4.78 is 0. The van der Waals surface area contributed by atoms with Crippen LogP contribution in [-0.2, 0) is 12.8 Å². The van der Waals surface area contributed by atoms with E-state index in [4.69, 9.17) is 4.98 Å². The lowest BCUT2D eigenvalue weighted by molar-refractivity contribution is 1.12. The summed E-state index contributed by atoms with van der Waals surface area (Å²) in [5.74, 6) is 0. The SMILES string of the molecule is CCc1ccc(Cc2c(-c3ccccc3)nc(-c3ccccc3)c3ccccc23)cc1. The van der Waals surface area contributed by atoms with Gasteiger partial charge in [0.15, 0.2) is 0 Å². The molecular weight excluding hydrogens is 374 g/mol. The van der Waals surface area contributed by atoms with Crippen molar-refractivity contribution in [2.24, 2.45) is 0 Å². The third kappa shape index (κ3) is 3.87. The summed E-state index contributed by atoms with van der Waals surface area (Å²) >= 11 is 0. The topological polar surface area (TPSA) is 12.9 Å². The maximum Gasteiger partial charge on any atom is 0.0788 e. The molecule has 1 nitrogen and oxygen atoms in total. The Hall–Kier alpha value is -3.71. The molecule has 1 aromatic heterocycles. The smallest absolute Gasteiger partial charge is 0.0788 e. The molecule has 0 saturated carbocycles. The van der Waals surface area contributed by atoms with Crippen LogP contribution in [0.15, 0.2) is 109 Å². The minimum Gasteiger partial charge on any atom is -0.247 e. The maximum absolute atomic E-state index is 5.27. The summed E-state index contributed by atoms with van der Waals surface area (Å²) in [5, 5.41) is 2.48. The number of rotatable bonds is 5. The molecular formula is C30H25N. The molecule has 0 aliphatic heterocycles. The van der Waals surface area contributed by atoms with Crippen LogP contribution in [0.2, 0.25) is 0 Å². The van der Waals surface area contributed by atoms with E-state index in [-0.39, 0.29) is 0 Å². The van der Waals surface area contributed by atoms with E-state index >= 15 is 0 Å². The third-order valence-corrected chi connectivity index (χ3v) is 5.92. The Balaban J connectivity index is 1.76. The Bertz CT molecular complexity index is 1300. The molecule has 150 valence electrons. The van der Waals surface area contributed by atoms with Crippen molar-refractivity contribution < 1.29 is 0 Å². The van der Waals surface area contributed by atoms with Crippen molar-refractivity contribution in [3.8, 4) is 22.5 Å². The molecule has 4 aromatic carbocycles. The van der Waals surface area contributed by atoms with E-state index in [1.54, 1.807) is 0 Å². The van der Waals surface area contributed by atoms with Gasteiger partial charge in [0.2, 0.25) is 0 Å². The molecule has 0 amide bonds. The first-order valence-corrected chi connectivity index (χ1v) is 10.9. The molecule has 0 aliphatic rings. The number of aromatic nitrogens is 1. The predicted octanol–water partition coefficient (Wildman–Crippen LogP) is 7.72. The highest BCUT2D eigenvalue weighted by molar-refractivity contribution is 5.99. The zero-order chi connectivity index (χ0) is 21.0. The second-order valence-electron chi connectivity index (χ2n) is 7.91. The molecule has 0 N–H and O–H groups in total. The average Bonchev–Trinajstić information content (AvgIpc) is 2.86. The van der Waals surface area contributed by atoms with Crippen LogP contribution in [0.1, 0.15) is 23.6 Å². The van der Waals surface area contributed by atoms with Gasteiger partial charge < -0.3 is 0 Å². The molecule has 0 aliphatic carbocycles. The Kier molecular flexibility index (Phi) is 5.33. The molecule has 0 fully saturated rings. The second kappa shape index (κ2) is 8.57. The molecule has 1 heteroatoms. The van der Waals surface area contributed by atoms with Crippen molar-refractivity contribution >= 4 is 10.8 Å². The van der Waals surface area contributed by atoms with Crippen molar-refractivity contribution in [1.29, 1.82) is 0 Å². The van der Waals surface area contributed by atoms with Crippen LogP contribution in [0, 0.1) is 0 Å². The summed E-state index contributed by atoms with van der Waals surface area (Å²) in [5.41, 5.74) is 8.38. The standard InChI is InChI=1S/C30H25N/c1-2-22-17-19-23(20-18-22)21-28-26-15-9-10-16-27(26)29(24-11-5-3-6-12-24)31-30(28)25-13-7-4-8-14-25/h3-20H,2,21H2,1H3. The largest absolute Gasteiger partial charge is 0.247 e. The van der Waals surface area contributed by atoms with Gasteiger partial charge in [-0.3, -0.25) is 0 Å². The van der Waals surface area contributed by atoms with Crippen molar-refractivity contribution in [2.45, 2.75) is 19.8 Å². The van der Waals surface area contributed by atoms with E-state index in [0.29, 0.717) is 0 Å². The number of hydrogen-bond acceptors (Lipinski definition) is 1. The van der Waals surface area contributed by atoms with Crippen LogP contribution >= 0.6 is 0 Å².